The number of methoxy groups -OCH3 is 1. The number of aryl methyl sites for hydroxylation is 1. The van der Waals surface area contributed by atoms with Crippen molar-refractivity contribution in [2.45, 2.75) is 13.5 Å². The van der Waals surface area contributed by atoms with Crippen molar-refractivity contribution in [2.75, 3.05) is 12.4 Å². The molecule has 2 aromatic rings. The minimum Gasteiger partial charge on any atom is -0.503 e. The van der Waals surface area contributed by atoms with Crippen LogP contribution in [0.15, 0.2) is 39.3 Å². The summed E-state index contributed by atoms with van der Waals surface area (Å²) >= 11 is 6.80. The quantitative estimate of drug-likeness (QED) is 0.770. The van der Waals surface area contributed by atoms with Crippen LogP contribution in [0.3, 0.4) is 0 Å². The summed E-state index contributed by atoms with van der Waals surface area (Å²) in [6.07, 6.45) is 0. The zero-order valence-corrected chi connectivity index (χ0v) is 14.4. The molecule has 0 aliphatic carbocycles. The van der Waals surface area contributed by atoms with E-state index in [1.807, 2.05) is 24.3 Å². The minimum atomic E-state index is 0.121. The topological polar surface area (TPSA) is 41.5 Å². The maximum absolute atomic E-state index is 9.78. The molecule has 106 valence electrons. The van der Waals surface area contributed by atoms with Gasteiger partial charge in [0.2, 0.25) is 0 Å². The van der Waals surface area contributed by atoms with Crippen molar-refractivity contribution >= 4 is 37.5 Å². The van der Waals surface area contributed by atoms with Gasteiger partial charge in [-0.25, -0.2) is 0 Å². The summed E-state index contributed by atoms with van der Waals surface area (Å²) in [5, 5.41) is 13.1. The van der Waals surface area contributed by atoms with E-state index in [4.69, 9.17) is 4.74 Å². The monoisotopic (exact) mass is 399 g/mol. The van der Waals surface area contributed by atoms with Gasteiger partial charge in [0.15, 0.2) is 11.5 Å². The lowest BCUT2D eigenvalue weighted by Gasteiger charge is -2.11. The summed E-state index contributed by atoms with van der Waals surface area (Å²) < 4.78 is 6.86. The molecule has 0 amide bonds. The molecule has 0 fully saturated rings. The van der Waals surface area contributed by atoms with Crippen molar-refractivity contribution in [3.63, 3.8) is 0 Å². The van der Waals surface area contributed by atoms with Gasteiger partial charge in [-0.1, -0.05) is 15.9 Å². The zero-order valence-electron chi connectivity index (χ0n) is 11.2. The van der Waals surface area contributed by atoms with Gasteiger partial charge < -0.3 is 15.2 Å². The number of phenolic OH excluding ortho intramolecular Hbond substituents is 1. The van der Waals surface area contributed by atoms with Crippen LogP contribution in [0.5, 0.6) is 11.5 Å². The number of hydrogen-bond donors (Lipinski definition) is 2. The first-order valence-electron chi connectivity index (χ1n) is 6.06. The molecule has 20 heavy (non-hydrogen) atoms. The SMILES string of the molecule is COc1cc(CNc2ccc(Br)c(C)c2)cc(Br)c1O. The number of ether oxygens (including phenoxy) is 1. The molecule has 0 saturated carbocycles. The summed E-state index contributed by atoms with van der Waals surface area (Å²) in [6, 6.07) is 9.81. The maximum atomic E-state index is 9.78. The summed E-state index contributed by atoms with van der Waals surface area (Å²) in [7, 11) is 1.54. The number of anilines is 1. The fourth-order valence-electron chi connectivity index (χ4n) is 1.84. The van der Waals surface area contributed by atoms with Crippen LogP contribution in [0.25, 0.3) is 0 Å². The third-order valence-corrected chi connectivity index (χ3v) is 4.46. The number of halogens is 2. The first-order chi connectivity index (χ1) is 9.51. The largest absolute Gasteiger partial charge is 0.503 e. The van der Waals surface area contributed by atoms with Gasteiger partial charge >= 0.3 is 0 Å². The average molecular weight is 401 g/mol. The number of hydrogen-bond acceptors (Lipinski definition) is 3. The number of benzene rings is 2. The van der Waals surface area contributed by atoms with E-state index in [9.17, 15) is 5.11 Å². The van der Waals surface area contributed by atoms with E-state index >= 15 is 0 Å². The standard InChI is InChI=1S/C15H15Br2NO2/c1-9-5-11(3-4-12(9)16)18-8-10-6-13(17)15(19)14(7-10)20-2/h3-7,18-19H,8H2,1-2H3. The van der Waals surface area contributed by atoms with Crippen molar-refractivity contribution < 1.29 is 9.84 Å². The van der Waals surface area contributed by atoms with E-state index in [1.165, 1.54) is 12.7 Å². The molecule has 0 bridgehead atoms. The van der Waals surface area contributed by atoms with Gasteiger partial charge in [-0.2, -0.15) is 0 Å². The van der Waals surface area contributed by atoms with Gasteiger partial charge in [0.1, 0.15) is 0 Å². The first kappa shape index (κ1) is 15.2. The second kappa shape index (κ2) is 6.50. The molecule has 2 rings (SSSR count). The van der Waals surface area contributed by atoms with Gasteiger partial charge in [0.05, 0.1) is 11.6 Å². The van der Waals surface area contributed by atoms with Gasteiger partial charge in [-0.15, -0.1) is 0 Å². The molecule has 0 aliphatic rings. The number of nitrogens with one attached hydrogen (secondary N) is 1. The Morgan fingerprint density at radius 1 is 1.15 bits per heavy atom. The molecule has 0 atom stereocenters. The Hall–Kier alpha value is -1.20. The van der Waals surface area contributed by atoms with Gasteiger partial charge in [-0.3, -0.25) is 0 Å². The molecule has 0 aromatic heterocycles. The van der Waals surface area contributed by atoms with E-state index < -0.39 is 0 Å². The van der Waals surface area contributed by atoms with Gasteiger partial charge in [-0.05, 0) is 64.3 Å². The number of rotatable bonds is 4. The van der Waals surface area contributed by atoms with Crippen molar-refractivity contribution in [3.8, 4) is 11.5 Å². The molecule has 0 saturated heterocycles. The van der Waals surface area contributed by atoms with Crippen LogP contribution in [-0.4, -0.2) is 12.2 Å². The lowest BCUT2D eigenvalue weighted by Crippen LogP contribution is -2.00. The first-order valence-corrected chi connectivity index (χ1v) is 7.65. The van der Waals surface area contributed by atoms with Crippen LogP contribution in [-0.2, 0) is 6.54 Å². The lowest BCUT2D eigenvalue weighted by molar-refractivity contribution is 0.371. The Balaban J connectivity index is 2.14. The van der Waals surface area contributed by atoms with Gasteiger partial charge in [0.25, 0.3) is 0 Å². The van der Waals surface area contributed by atoms with Crippen LogP contribution in [0.4, 0.5) is 5.69 Å². The molecular formula is C15H15Br2NO2. The highest BCUT2D eigenvalue weighted by molar-refractivity contribution is 9.10. The van der Waals surface area contributed by atoms with E-state index in [2.05, 4.69) is 50.2 Å². The molecule has 0 radical (unpaired) electrons. The Bertz CT molecular complexity index is 630. The average Bonchev–Trinajstić information content (AvgIpc) is 2.43. The van der Waals surface area contributed by atoms with E-state index in [1.54, 1.807) is 0 Å². The molecular weight excluding hydrogens is 386 g/mol. The molecule has 0 unspecified atom stereocenters. The van der Waals surface area contributed by atoms with Crippen LogP contribution in [0.1, 0.15) is 11.1 Å². The predicted molar refractivity (Wildman–Crippen MR) is 88.6 cm³/mol. The summed E-state index contributed by atoms with van der Waals surface area (Å²) in [5.74, 6) is 0.582. The molecule has 2 aromatic carbocycles. The molecule has 0 aliphatic heterocycles. The fraction of sp³-hybridized carbons (Fsp3) is 0.200. The Labute approximate surface area is 135 Å². The summed E-state index contributed by atoms with van der Waals surface area (Å²) in [6.45, 7) is 2.70. The second-order valence-electron chi connectivity index (χ2n) is 4.45. The van der Waals surface area contributed by atoms with Crippen molar-refractivity contribution in [1.29, 1.82) is 0 Å². The van der Waals surface area contributed by atoms with Crippen LogP contribution >= 0.6 is 31.9 Å². The highest BCUT2D eigenvalue weighted by Crippen LogP contribution is 2.35. The van der Waals surface area contributed by atoms with E-state index in [0.717, 1.165) is 15.7 Å². The molecule has 0 heterocycles. The van der Waals surface area contributed by atoms with E-state index in [-0.39, 0.29) is 5.75 Å². The fourth-order valence-corrected chi connectivity index (χ4v) is 2.58. The van der Waals surface area contributed by atoms with Gasteiger partial charge in [0, 0.05) is 16.7 Å². The lowest BCUT2D eigenvalue weighted by atomic mass is 10.2. The van der Waals surface area contributed by atoms with Crippen LogP contribution in [0, 0.1) is 6.92 Å². The minimum absolute atomic E-state index is 0.121. The molecule has 0 spiro atoms. The van der Waals surface area contributed by atoms with Crippen molar-refractivity contribution in [2.24, 2.45) is 0 Å². The molecule has 5 heteroatoms. The third-order valence-electron chi connectivity index (χ3n) is 2.96. The Kier molecular flexibility index (Phi) is 4.94. The summed E-state index contributed by atoms with van der Waals surface area (Å²) in [4.78, 5) is 0. The molecule has 3 nitrogen and oxygen atoms in total. The Morgan fingerprint density at radius 2 is 1.90 bits per heavy atom. The predicted octanol–water partition coefficient (Wildman–Crippen LogP) is 4.85. The van der Waals surface area contributed by atoms with Crippen molar-refractivity contribution in [1.82, 2.24) is 0 Å². The highest BCUT2D eigenvalue weighted by Gasteiger charge is 2.08. The summed E-state index contributed by atoms with van der Waals surface area (Å²) in [5.41, 5.74) is 3.25. The van der Waals surface area contributed by atoms with Crippen LogP contribution < -0.4 is 10.1 Å². The normalized spacial score (nSPS) is 10.4. The molecule has 2 N–H and O–H groups in total. The smallest absolute Gasteiger partial charge is 0.172 e. The maximum Gasteiger partial charge on any atom is 0.172 e. The van der Waals surface area contributed by atoms with Crippen molar-refractivity contribution in [3.05, 3.63) is 50.4 Å². The van der Waals surface area contributed by atoms with Crippen LogP contribution in [0.2, 0.25) is 0 Å². The Morgan fingerprint density at radius 3 is 2.55 bits per heavy atom. The number of phenols is 1. The highest BCUT2D eigenvalue weighted by atomic mass is 79.9. The zero-order chi connectivity index (χ0) is 14.7. The third kappa shape index (κ3) is 3.46. The van der Waals surface area contributed by atoms with E-state index in [0.29, 0.717) is 16.8 Å². The number of aromatic hydroxyl groups is 1. The second-order valence-corrected chi connectivity index (χ2v) is 6.15.